The van der Waals surface area contributed by atoms with E-state index in [-0.39, 0.29) is 11.9 Å². The monoisotopic (exact) mass is 435 g/mol. The highest BCUT2D eigenvalue weighted by Gasteiger charge is 2.17. The van der Waals surface area contributed by atoms with Gasteiger partial charge in [-0.1, -0.05) is 6.92 Å². The number of anilines is 2. The van der Waals surface area contributed by atoms with Gasteiger partial charge in [0, 0.05) is 43.6 Å². The molecule has 4 rings (SSSR count). The van der Waals surface area contributed by atoms with Gasteiger partial charge in [-0.05, 0) is 49.7 Å². The third kappa shape index (κ3) is 3.86. The minimum absolute atomic E-state index is 0.0169. The van der Waals surface area contributed by atoms with E-state index in [0.29, 0.717) is 4.88 Å². The molecule has 0 atom stereocenters. The zero-order chi connectivity index (χ0) is 22.1. The van der Waals surface area contributed by atoms with Gasteiger partial charge in [0.1, 0.15) is 0 Å². The molecular weight excluding hydrogens is 410 g/mol. The van der Waals surface area contributed by atoms with Crippen LogP contribution in [0.1, 0.15) is 28.7 Å². The summed E-state index contributed by atoms with van der Waals surface area (Å²) in [5.74, 6) is 0.0169. The number of carbonyl (C=O) groups excluding carboxylic acids is 2. The molecule has 7 nitrogen and oxygen atoms in total. The zero-order valence-electron chi connectivity index (χ0n) is 18.0. The molecule has 2 amide bonds. The van der Waals surface area contributed by atoms with Crippen LogP contribution in [0, 0.1) is 6.92 Å². The van der Waals surface area contributed by atoms with E-state index in [1.54, 1.807) is 22.7 Å². The normalized spacial score (nSPS) is 11.1. The molecule has 0 unspecified atom stereocenters. The molecular formula is C23H25N5O2S. The van der Waals surface area contributed by atoms with E-state index in [4.69, 9.17) is 0 Å². The Balaban J connectivity index is 1.67. The summed E-state index contributed by atoms with van der Waals surface area (Å²) in [6.45, 7) is 4.69. The number of aromatic nitrogens is 2. The number of thiophene rings is 1. The molecule has 0 fully saturated rings. The molecule has 0 saturated heterocycles. The van der Waals surface area contributed by atoms with Crippen molar-refractivity contribution in [2.45, 2.75) is 20.3 Å². The van der Waals surface area contributed by atoms with E-state index < -0.39 is 0 Å². The Morgan fingerprint density at radius 3 is 2.74 bits per heavy atom. The van der Waals surface area contributed by atoms with E-state index in [2.05, 4.69) is 22.5 Å². The van der Waals surface area contributed by atoms with Crippen molar-refractivity contribution in [3.63, 3.8) is 0 Å². The van der Waals surface area contributed by atoms with E-state index in [1.807, 2.05) is 50.4 Å². The number of nitrogens with one attached hydrogen (secondary N) is 2. The Kier molecular flexibility index (Phi) is 5.65. The number of fused-ring (bicyclic) bond motifs is 2. The lowest BCUT2D eigenvalue weighted by Gasteiger charge is -2.14. The molecule has 0 aliphatic heterocycles. The highest BCUT2D eigenvalue weighted by atomic mass is 32.1. The predicted molar refractivity (Wildman–Crippen MR) is 127 cm³/mol. The molecule has 31 heavy (non-hydrogen) atoms. The Hall–Kier alpha value is -3.39. The van der Waals surface area contributed by atoms with Crippen LogP contribution in [0.2, 0.25) is 0 Å². The number of nitrogens with zero attached hydrogens (tertiary/aromatic N) is 3. The van der Waals surface area contributed by atoms with Gasteiger partial charge in [0.15, 0.2) is 0 Å². The third-order valence-corrected chi connectivity index (χ3v) is 6.36. The van der Waals surface area contributed by atoms with Crippen LogP contribution in [0.15, 0.2) is 42.6 Å². The Morgan fingerprint density at radius 2 is 2.00 bits per heavy atom. The number of aryl methyl sites for hydroxylation is 1. The summed E-state index contributed by atoms with van der Waals surface area (Å²) < 4.78 is 2.60. The number of hydrogen-bond donors (Lipinski definition) is 2. The summed E-state index contributed by atoms with van der Waals surface area (Å²) in [4.78, 5) is 31.7. The van der Waals surface area contributed by atoms with Crippen LogP contribution < -0.4 is 10.6 Å². The maximum atomic E-state index is 12.7. The number of hydrogen-bond acceptors (Lipinski definition) is 5. The van der Waals surface area contributed by atoms with E-state index in [9.17, 15) is 9.59 Å². The summed E-state index contributed by atoms with van der Waals surface area (Å²) in [7, 11) is 3.45. The van der Waals surface area contributed by atoms with Crippen molar-refractivity contribution in [1.29, 1.82) is 0 Å². The molecule has 3 heterocycles. The first-order valence-electron chi connectivity index (χ1n) is 10.2. The lowest BCUT2D eigenvalue weighted by Crippen LogP contribution is -2.26. The van der Waals surface area contributed by atoms with E-state index in [0.717, 1.165) is 51.2 Å². The standard InChI is InChI=1S/C23H25N5O2S/c1-5-10-27(4)22(29)20-13-18-21(31-20)17(8-9-25-18)26-16-6-7-19-15(12-16)11-14(2)28(19)23(30)24-3/h6-9,11-13H,5,10H2,1-4H3,(H,24,30)(H,25,26). The maximum absolute atomic E-state index is 12.7. The molecule has 4 aromatic rings. The van der Waals surface area contributed by atoms with Crippen molar-refractivity contribution in [3.8, 4) is 0 Å². The first-order valence-corrected chi connectivity index (χ1v) is 11.0. The average Bonchev–Trinajstić information content (AvgIpc) is 3.33. The fourth-order valence-electron chi connectivity index (χ4n) is 3.73. The van der Waals surface area contributed by atoms with E-state index >= 15 is 0 Å². The lowest BCUT2D eigenvalue weighted by atomic mass is 10.2. The highest BCUT2D eigenvalue weighted by molar-refractivity contribution is 7.21. The molecule has 0 aliphatic carbocycles. The number of rotatable bonds is 5. The van der Waals surface area contributed by atoms with Crippen molar-refractivity contribution in [1.82, 2.24) is 19.8 Å². The largest absolute Gasteiger partial charge is 0.354 e. The highest BCUT2D eigenvalue weighted by Crippen LogP contribution is 2.34. The molecule has 8 heteroatoms. The van der Waals surface area contributed by atoms with Gasteiger partial charge < -0.3 is 15.5 Å². The summed E-state index contributed by atoms with van der Waals surface area (Å²) >= 11 is 1.45. The predicted octanol–water partition coefficient (Wildman–Crippen LogP) is 4.97. The third-order valence-electron chi connectivity index (χ3n) is 5.21. The molecule has 0 saturated carbocycles. The van der Waals surface area contributed by atoms with E-state index in [1.165, 1.54) is 11.3 Å². The molecule has 0 radical (unpaired) electrons. The second kappa shape index (κ2) is 8.39. The van der Waals surface area contributed by atoms with Gasteiger partial charge in [0.2, 0.25) is 0 Å². The first kappa shape index (κ1) is 20.9. The molecule has 0 spiro atoms. The lowest BCUT2D eigenvalue weighted by molar-refractivity contribution is 0.0800. The zero-order valence-corrected chi connectivity index (χ0v) is 18.8. The topological polar surface area (TPSA) is 79.3 Å². The summed E-state index contributed by atoms with van der Waals surface area (Å²) in [6.07, 6.45) is 2.66. The van der Waals surface area contributed by atoms with Gasteiger partial charge in [-0.3, -0.25) is 14.3 Å². The summed E-state index contributed by atoms with van der Waals surface area (Å²) in [5.41, 5.74) is 4.32. The van der Waals surface area contributed by atoms with Crippen molar-refractivity contribution < 1.29 is 9.59 Å². The van der Waals surface area contributed by atoms with Crippen molar-refractivity contribution >= 4 is 55.8 Å². The molecule has 1 aromatic carbocycles. The molecule has 3 aromatic heterocycles. The van der Waals surface area contributed by atoms with Crippen molar-refractivity contribution in [2.75, 3.05) is 26.0 Å². The molecule has 2 N–H and O–H groups in total. The molecule has 160 valence electrons. The van der Waals surface area contributed by atoms with Gasteiger partial charge in [-0.2, -0.15) is 0 Å². The van der Waals surface area contributed by atoms with Crippen LogP contribution in [-0.4, -0.2) is 47.0 Å². The van der Waals surface area contributed by atoms with Crippen LogP contribution in [-0.2, 0) is 0 Å². The van der Waals surface area contributed by atoms with Crippen LogP contribution in [0.4, 0.5) is 16.2 Å². The second-order valence-corrected chi connectivity index (χ2v) is 8.54. The SMILES string of the molecule is CCCN(C)C(=O)c1cc2nccc(Nc3ccc4c(c3)cc(C)n4C(=O)NC)c2s1. The van der Waals surface area contributed by atoms with Gasteiger partial charge in [-0.15, -0.1) is 11.3 Å². The van der Waals surface area contributed by atoms with Crippen LogP contribution in [0.5, 0.6) is 0 Å². The minimum atomic E-state index is -0.159. The Bertz CT molecular complexity index is 1290. The Morgan fingerprint density at radius 1 is 1.19 bits per heavy atom. The number of pyridine rings is 1. The summed E-state index contributed by atoms with van der Waals surface area (Å²) in [6, 6.07) is 11.5. The number of benzene rings is 1. The fraction of sp³-hybridized carbons (Fsp3) is 0.261. The Labute approximate surface area is 184 Å². The first-order chi connectivity index (χ1) is 14.9. The quantitative estimate of drug-likeness (QED) is 0.464. The average molecular weight is 436 g/mol. The van der Waals surface area contributed by atoms with Crippen LogP contribution >= 0.6 is 11.3 Å². The van der Waals surface area contributed by atoms with Gasteiger partial charge in [0.05, 0.1) is 26.3 Å². The van der Waals surface area contributed by atoms with Crippen molar-refractivity contribution in [2.24, 2.45) is 0 Å². The van der Waals surface area contributed by atoms with Gasteiger partial charge in [-0.25, -0.2) is 4.79 Å². The maximum Gasteiger partial charge on any atom is 0.325 e. The molecule has 0 aliphatic rings. The van der Waals surface area contributed by atoms with Crippen LogP contribution in [0.25, 0.3) is 21.1 Å². The van der Waals surface area contributed by atoms with Crippen LogP contribution in [0.3, 0.4) is 0 Å². The fourth-order valence-corrected chi connectivity index (χ4v) is 4.81. The van der Waals surface area contributed by atoms with Gasteiger partial charge in [0.25, 0.3) is 5.91 Å². The number of carbonyl (C=O) groups is 2. The minimum Gasteiger partial charge on any atom is -0.354 e. The number of amides is 2. The second-order valence-electron chi connectivity index (χ2n) is 7.49. The smallest absolute Gasteiger partial charge is 0.325 e. The van der Waals surface area contributed by atoms with Crippen molar-refractivity contribution in [3.05, 3.63) is 53.2 Å². The summed E-state index contributed by atoms with van der Waals surface area (Å²) in [5, 5.41) is 7.10. The van der Waals surface area contributed by atoms with Gasteiger partial charge >= 0.3 is 6.03 Å². The molecule has 0 bridgehead atoms.